The van der Waals surface area contributed by atoms with E-state index in [2.05, 4.69) is 15.4 Å². The van der Waals surface area contributed by atoms with Gasteiger partial charge >= 0.3 is 5.69 Å². The number of aromatic nitrogens is 5. The molecular formula is C27H25N7O3. The van der Waals surface area contributed by atoms with Crippen LogP contribution in [0.2, 0.25) is 0 Å². The van der Waals surface area contributed by atoms with Crippen molar-refractivity contribution in [2.45, 2.75) is 20.3 Å². The Balaban J connectivity index is 1.54. The summed E-state index contributed by atoms with van der Waals surface area (Å²) < 4.78 is 4.75. The van der Waals surface area contributed by atoms with Crippen LogP contribution >= 0.6 is 0 Å². The first-order chi connectivity index (χ1) is 17.8. The van der Waals surface area contributed by atoms with Gasteiger partial charge in [0.05, 0.1) is 11.2 Å². The van der Waals surface area contributed by atoms with Gasteiger partial charge in [-0.25, -0.2) is 19.0 Å². The van der Waals surface area contributed by atoms with Gasteiger partial charge in [0.1, 0.15) is 5.82 Å². The highest BCUT2D eigenvalue weighted by atomic mass is 16.2. The van der Waals surface area contributed by atoms with E-state index < -0.39 is 11.8 Å². The van der Waals surface area contributed by atoms with Gasteiger partial charge in [-0.15, -0.1) is 0 Å². The first-order valence-electron chi connectivity index (χ1n) is 11.7. The molecule has 0 aliphatic rings. The summed E-state index contributed by atoms with van der Waals surface area (Å²) in [6.07, 6.45) is 6.01. The number of anilines is 1. The average Bonchev–Trinajstić information content (AvgIpc) is 3.39. The maximum Gasteiger partial charge on any atom is 0.350 e. The number of nitrogens with one attached hydrogen (secondary N) is 1. The van der Waals surface area contributed by atoms with Gasteiger partial charge in [-0.2, -0.15) is 5.10 Å². The van der Waals surface area contributed by atoms with E-state index >= 15 is 0 Å². The predicted molar refractivity (Wildman–Crippen MR) is 140 cm³/mol. The predicted octanol–water partition coefficient (Wildman–Crippen LogP) is 3.11. The Hall–Kier alpha value is -4.99. The maximum absolute atomic E-state index is 13.2. The van der Waals surface area contributed by atoms with Crippen molar-refractivity contribution in [3.8, 4) is 16.8 Å². The molecule has 0 saturated carbocycles. The molecule has 10 nitrogen and oxygen atoms in total. The van der Waals surface area contributed by atoms with E-state index in [-0.39, 0.29) is 11.4 Å². The number of aryl methyl sites for hydroxylation is 3. The number of fused-ring (bicyclic) bond motifs is 1. The van der Waals surface area contributed by atoms with Crippen LogP contribution in [0.15, 0.2) is 71.9 Å². The highest BCUT2D eigenvalue weighted by Gasteiger charge is 2.20. The summed E-state index contributed by atoms with van der Waals surface area (Å²) in [7, 11) is 1.62. The van der Waals surface area contributed by atoms with Crippen molar-refractivity contribution >= 4 is 23.0 Å². The fraction of sp³-hybridized carbons (Fsp3) is 0.148. The third kappa shape index (κ3) is 4.18. The van der Waals surface area contributed by atoms with Crippen LogP contribution < -0.4 is 16.7 Å². The van der Waals surface area contributed by atoms with Crippen LogP contribution in [0.5, 0.6) is 0 Å². The number of carbonyl (C=O) groups is 2. The Morgan fingerprint density at radius 2 is 1.86 bits per heavy atom. The molecule has 0 saturated heterocycles. The molecule has 0 atom stereocenters. The molecule has 186 valence electrons. The van der Waals surface area contributed by atoms with Crippen LogP contribution in [0.4, 0.5) is 5.69 Å². The zero-order chi connectivity index (χ0) is 26.3. The molecule has 0 radical (unpaired) electrons. The largest absolute Gasteiger partial charge is 0.366 e. The van der Waals surface area contributed by atoms with Gasteiger partial charge in [-0.3, -0.25) is 9.59 Å². The Bertz CT molecular complexity index is 1730. The summed E-state index contributed by atoms with van der Waals surface area (Å²) in [5.41, 5.74) is 10.5. The van der Waals surface area contributed by atoms with Gasteiger partial charge in [0, 0.05) is 42.5 Å². The van der Waals surface area contributed by atoms with E-state index in [1.807, 2.05) is 41.8 Å². The van der Waals surface area contributed by atoms with Crippen LogP contribution in [-0.4, -0.2) is 35.5 Å². The molecule has 0 aliphatic heterocycles. The molecule has 0 spiro atoms. The minimum Gasteiger partial charge on any atom is -0.366 e. The number of benzene rings is 2. The summed E-state index contributed by atoms with van der Waals surface area (Å²) >= 11 is 0. The van der Waals surface area contributed by atoms with Crippen molar-refractivity contribution in [1.29, 1.82) is 0 Å². The molecule has 37 heavy (non-hydrogen) atoms. The van der Waals surface area contributed by atoms with Crippen molar-refractivity contribution in [3.63, 3.8) is 0 Å². The normalized spacial score (nSPS) is 11.1. The van der Waals surface area contributed by atoms with Crippen molar-refractivity contribution in [2.75, 3.05) is 5.32 Å². The highest BCUT2D eigenvalue weighted by molar-refractivity contribution is 6.09. The molecule has 3 N–H and O–H groups in total. The van der Waals surface area contributed by atoms with E-state index in [1.165, 1.54) is 10.7 Å². The molecule has 2 aromatic carbocycles. The highest BCUT2D eigenvalue weighted by Crippen LogP contribution is 2.31. The van der Waals surface area contributed by atoms with E-state index in [1.54, 1.807) is 49.1 Å². The number of primary amides is 1. The summed E-state index contributed by atoms with van der Waals surface area (Å²) in [6.45, 7) is 3.81. The number of carbonyl (C=O) groups excluding carboxylic acids is 2. The standard InChI is InChI=1S/C27H25N7O3/c1-4-21-22(17-8-10-20(11-9-17)34-16(2)31-32(3)27(34)37)15-33-13-12-29-23(24(21)33)26(36)30-19-7-5-6-18(14-19)25(28)35/h5-15H,4H2,1-3H3,(H2,28,35)(H,30,36). The molecule has 3 aromatic heterocycles. The summed E-state index contributed by atoms with van der Waals surface area (Å²) in [6, 6.07) is 14.1. The summed E-state index contributed by atoms with van der Waals surface area (Å²) in [5, 5.41) is 7.01. The van der Waals surface area contributed by atoms with Crippen LogP contribution in [0, 0.1) is 6.92 Å². The van der Waals surface area contributed by atoms with Crippen LogP contribution in [0.3, 0.4) is 0 Å². The minimum absolute atomic E-state index is 0.211. The molecule has 2 amide bonds. The van der Waals surface area contributed by atoms with Gasteiger partial charge in [0.25, 0.3) is 5.91 Å². The SMILES string of the molecule is CCc1c(-c2ccc(-n3c(C)nn(C)c3=O)cc2)cn2ccnc(C(=O)Nc3cccc(C(N)=O)c3)c12. The third-order valence-corrected chi connectivity index (χ3v) is 6.29. The maximum atomic E-state index is 13.2. The van der Waals surface area contributed by atoms with Gasteiger partial charge in [0.2, 0.25) is 5.91 Å². The molecule has 0 unspecified atom stereocenters. The van der Waals surface area contributed by atoms with E-state index in [0.29, 0.717) is 29.0 Å². The second-order valence-corrected chi connectivity index (χ2v) is 8.64. The Kier molecular flexibility index (Phi) is 5.92. The summed E-state index contributed by atoms with van der Waals surface area (Å²) in [5.74, 6) is -0.365. The van der Waals surface area contributed by atoms with E-state index in [9.17, 15) is 14.4 Å². The third-order valence-electron chi connectivity index (χ3n) is 6.29. The molecular weight excluding hydrogens is 470 g/mol. The zero-order valence-corrected chi connectivity index (χ0v) is 20.6. The van der Waals surface area contributed by atoms with Gasteiger partial charge < -0.3 is 15.5 Å². The molecule has 5 aromatic rings. The number of hydrogen-bond acceptors (Lipinski definition) is 5. The van der Waals surface area contributed by atoms with Crippen LogP contribution in [0.1, 0.15) is 39.2 Å². The minimum atomic E-state index is -0.574. The lowest BCUT2D eigenvalue weighted by molar-refractivity contribution is 0.0995. The lowest BCUT2D eigenvalue weighted by Gasteiger charge is -2.09. The van der Waals surface area contributed by atoms with Gasteiger partial charge in [-0.05, 0) is 54.8 Å². The molecule has 5 rings (SSSR count). The lowest BCUT2D eigenvalue weighted by atomic mass is 10.0. The van der Waals surface area contributed by atoms with Crippen molar-refractivity contribution in [3.05, 3.63) is 100 Å². The fourth-order valence-electron chi connectivity index (χ4n) is 4.58. The Labute approximate surface area is 212 Å². The summed E-state index contributed by atoms with van der Waals surface area (Å²) in [4.78, 5) is 41.6. The van der Waals surface area contributed by atoms with Crippen molar-refractivity contribution in [2.24, 2.45) is 12.8 Å². The first-order valence-corrected chi connectivity index (χ1v) is 11.7. The van der Waals surface area contributed by atoms with Gasteiger partial charge in [0.15, 0.2) is 5.69 Å². The van der Waals surface area contributed by atoms with E-state index in [0.717, 1.165) is 22.4 Å². The lowest BCUT2D eigenvalue weighted by Crippen LogP contribution is -2.21. The molecule has 10 heteroatoms. The Morgan fingerprint density at radius 3 is 2.51 bits per heavy atom. The average molecular weight is 496 g/mol. The van der Waals surface area contributed by atoms with Crippen LogP contribution in [-0.2, 0) is 13.5 Å². The smallest absolute Gasteiger partial charge is 0.350 e. The van der Waals surface area contributed by atoms with Crippen molar-refractivity contribution in [1.82, 2.24) is 23.7 Å². The number of hydrogen-bond donors (Lipinski definition) is 2. The fourth-order valence-corrected chi connectivity index (χ4v) is 4.58. The Morgan fingerprint density at radius 1 is 1.11 bits per heavy atom. The second kappa shape index (κ2) is 9.23. The monoisotopic (exact) mass is 495 g/mol. The first kappa shape index (κ1) is 23.7. The second-order valence-electron chi connectivity index (χ2n) is 8.64. The van der Waals surface area contributed by atoms with E-state index in [4.69, 9.17) is 5.73 Å². The van der Waals surface area contributed by atoms with Gasteiger partial charge in [-0.1, -0.05) is 25.1 Å². The number of rotatable bonds is 6. The molecule has 0 fully saturated rings. The molecule has 0 bridgehead atoms. The number of nitrogens with zero attached hydrogens (tertiary/aromatic N) is 5. The zero-order valence-electron chi connectivity index (χ0n) is 20.6. The molecule has 0 aliphatic carbocycles. The topological polar surface area (TPSA) is 129 Å². The number of amides is 2. The number of nitrogens with two attached hydrogens (primary N) is 1. The van der Waals surface area contributed by atoms with Crippen molar-refractivity contribution < 1.29 is 9.59 Å². The quantitative estimate of drug-likeness (QED) is 0.374. The van der Waals surface area contributed by atoms with Crippen LogP contribution in [0.25, 0.3) is 22.3 Å². The molecule has 3 heterocycles.